The Morgan fingerprint density at radius 1 is 0.277 bits per heavy atom. The molecule has 13 aromatic rings. The average Bonchev–Trinajstić information content (AvgIpc) is 4.06. The van der Waals surface area contributed by atoms with Crippen molar-refractivity contribution in [3.8, 4) is 22.3 Å². The molecule has 0 unspecified atom stereocenters. The minimum absolute atomic E-state index is 0.794. The van der Waals surface area contributed by atoms with Gasteiger partial charge in [0.1, 0.15) is 22.3 Å². The number of thiophene rings is 1. The van der Waals surface area contributed by atoms with Crippen LogP contribution >= 0.6 is 11.3 Å². The molecule has 0 N–H and O–H groups in total. The second-order valence-electron chi connectivity index (χ2n) is 16.5. The summed E-state index contributed by atoms with van der Waals surface area (Å²) in [5.41, 5.74) is 14.0. The van der Waals surface area contributed by atoms with Gasteiger partial charge in [-0.15, -0.1) is 11.3 Å². The van der Waals surface area contributed by atoms with Gasteiger partial charge in [0.05, 0.1) is 16.8 Å². The van der Waals surface area contributed by atoms with E-state index in [4.69, 9.17) is 8.83 Å². The SMILES string of the molecule is c1ccc(-c2ccc(N(c3ccc(-c4ccccc4)cc3)c3cc(N(c4ccc5c(c4)oc4ccccc45)c4ccc5sc6ccccc6c5c4)cc4oc5ccccc5c34)cc2)cc1. The molecule has 0 atom stereocenters. The van der Waals surface area contributed by atoms with Crippen LogP contribution in [0.25, 0.3) is 86.3 Å². The van der Waals surface area contributed by atoms with Crippen molar-refractivity contribution in [1.82, 2.24) is 0 Å². The van der Waals surface area contributed by atoms with Crippen molar-refractivity contribution in [2.45, 2.75) is 0 Å². The molecule has 5 heteroatoms. The van der Waals surface area contributed by atoms with E-state index in [9.17, 15) is 0 Å². The Bertz CT molecular complexity index is 3800. The zero-order valence-electron chi connectivity index (χ0n) is 35.1. The van der Waals surface area contributed by atoms with Gasteiger partial charge in [-0.05, 0) is 101 Å². The van der Waals surface area contributed by atoms with E-state index in [1.54, 1.807) is 0 Å². The van der Waals surface area contributed by atoms with Gasteiger partial charge in [-0.3, -0.25) is 0 Å². The third-order valence-corrected chi connectivity index (χ3v) is 13.8. The van der Waals surface area contributed by atoms with E-state index in [-0.39, 0.29) is 0 Å². The van der Waals surface area contributed by atoms with Crippen LogP contribution in [0.1, 0.15) is 0 Å². The van der Waals surface area contributed by atoms with Gasteiger partial charge in [-0.25, -0.2) is 0 Å². The third-order valence-electron chi connectivity index (χ3n) is 12.6. The van der Waals surface area contributed by atoms with Gasteiger partial charge in [0.2, 0.25) is 0 Å². The minimum atomic E-state index is 0.794. The van der Waals surface area contributed by atoms with Gasteiger partial charge < -0.3 is 18.6 Å². The number of benzene rings is 10. The van der Waals surface area contributed by atoms with E-state index < -0.39 is 0 Å². The largest absolute Gasteiger partial charge is 0.456 e. The molecule has 3 aromatic heterocycles. The molecule has 0 fully saturated rings. The van der Waals surface area contributed by atoms with Crippen LogP contribution in [0.4, 0.5) is 34.1 Å². The van der Waals surface area contributed by atoms with E-state index in [0.29, 0.717) is 0 Å². The highest BCUT2D eigenvalue weighted by Gasteiger charge is 2.25. The van der Waals surface area contributed by atoms with Crippen molar-refractivity contribution in [2.75, 3.05) is 9.80 Å². The van der Waals surface area contributed by atoms with E-state index in [0.717, 1.165) is 89.1 Å². The standard InChI is InChI=1S/C60H38N2O2S/c1-3-13-39(14-4-1)41-23-27-43(28-24-41)62(44-29-25-42(26-30-44)40-15-5-2-6-16-40)53-36-47(38-57-60(53)51-19-8-11-21-55(51)64-57)61(45-32-34-59-52(35-45)50-18-9-12-22-58(50)65-59)46-31-33-49-48-17-7-10-20-54(48)63-56(49)37-46/h1-38H. The molecule has 0 bridgehead atoms. The zero-order chi connectivity index (χ0) is 42.8. The van der Waals surface area contributed by atoms with Gasteiger partial charge >= 0.3 is 0 Å². The van der Waals surface area contributed by atoms with Crippen molar-refractivity contribution in [3.05, 3.63) is 231 Å². The maximum absolute atomic E-state index is 6.89. The lowest BCUT2D eigenvalue weighted by Gasteiger charge is -2.30. The van der Waals surface area contributed by atoms with Gasteiger partial charge in [0.15, 0.2) is 0 Å². The van der Waals surface area contributed by atoms with Crippen LogP contribution in [-0.2, 0) is 0 Å². The summed E-state index contributed by atoms with van der Waals surface area (Å²) in [7, 11) is 0. The number of para-hydroxylation sites is 2. The monoisotopic (exact) mass is 850 g/mol. The van der Waals surface area contributed by atoms with Crippen molar-refractivity contribution < 1.29 is 8.83 Å². The highest BCUT2D eigenvalue weighted by Crippen LogP contribution is 2.49. The second-order valence-corrected chi connectivity index (χ2v) is 17.6. The average molecular weight is 851 g/mol. The Labute approximate surface area is 379 Å². The zero-order valence-corrected chi connectivity index (χ0v) is 35.9. The quantitative estimate of drug-likeness (QED) is 0.152. The van der Waals surface area contributed by atoms with Crippen LogP contribution < -0.4 is 9.80 Å². The molecule has 306 valence electrons. The van der Waals surface area contributed by atoms with E-state index >= 15 is 0 Å². The molecule has 3 heterocycles. The number of anilines is 6. The molecule has 10 aromatic carbocycles. The molecule has 65 heavy (non-hydrogen) atoms. The van der Waals surface area contributed by atoms with E-state index in [1.807, 2.05) is 29.5 Å². The number of rotatable bonds is 8. The first kappa shape index (κ1) is 37.2. The Hall–Kier alpha value is -8.38. The Morgan fingerprint density at radius 2 is 0.754 bits per heavy atom. The molecule has 4 nitrogen and oxygen atoms in total. The predicted octanol–water partition coefficient (Wildman–Crippen LogP) is 18.1. The Kier molecular flexibility index (Phi) is 8.68. The summed E-state index contributed by atoms with van der Waals surface area (Å²) in [6.07, 6.45) is 0. The van der Waals surface area contributed by atoms with Crippen molar-refractivity contribution in [3.63, 3.8) is 0 Å². The maximum atomic E-state index is 6.89. The first-order valence-electron chi connectivity index (χ1n) is 21.9. The molecule has 0 aliphatic carbocycles. The number of fused-ring (bicyclic) bond motifs is 9. The lowest BCUT2D eigenvalue weighted by atomic mass is 10.0. The van der Waals surface area contributed by atoms with Crippen molar-refractivity contribution in [1.29, 1.82) is 0 Å². The van der Waals surface area contributed by atoms with Gasteiger partial charge in [-0.1, -0.05) is 140 Å². The van der Waals surface area contributed by atoms with E-state index in [2.05, 4.69) is 222 Å². The lowest BCUT2D eigenvalue weighted by Crippen LogP contribution is -2.13. The minimum Gasteiger partial charge on any atom is -0.456 e. The van der Waals surface area contributed by atoms with Crippen molar-refractivity contribution >= 4 is 110 Å². The first-order valence-corrected chi connectivity index (χ1v) is 22.7. The Balaban J connectivity index is 1.07. The van der Waals surface area contributed by atoms with Crippen LogP contribution in [0.5, 0.6) is 0 Å². The summed E-state index contributed by atoms with van der Waals surface area (Å²) in [5.74, 6) is 0. The normalized spacial score (nSPS) is 11.7. The molecule has 13 rings (SSSR count). The molecular weight excluding hydrogens is 813 g/mol. The highest BCUT2D eigenvalue weighted by molar-refractivity contribution is 7.25. The molecule has 0 aliphatic rings. The van der Waals surface area contributed by atoms with E-state index in [1.165, 1.54) is 31.3 Å². The molecule has 0 radical (unpaired) electrons. The summed E-state index contributed by atoms with van der Waals surface area (Å²) in [5, 5.41) is 6.75. The van der Waals surface area contributed by atoms with Crippen LogP contribution in [-0.4, -0.2) is 0 Å². The van der Waals surface area contributed by atoms with Gasteiger partial charge in [-0.2, -0.15) is 0 Å². The van der Waals surface area contributed by atoms with Crippen LogP contribution in [0.3, 0.4) is 0 Å². The smallest absolute Gasteiger partial charge is 0.139 e. The molecular formula is C60H38N2O2S. The Morgan fingerprint density at radius 3 is 1.45 bits per heavy atom. The lowest BCUT2D eigenvalue weighted by molar-refractivity contribution is 0.669. The van der Waals surface area contributed by atoms with Crippen LogP contribution in [0.15, 0.2) is 239 Å². The molecule has 0 saturated heterocycles. The topological polar surface area (TPSA) is 32.8 Å². The summed E-state index contributed by atoms with van der Waals surface area (Å²) < 4.78 is 16.0. The number of nitrogens with zero attached hydrogens (tertiary/aromatic N) is 2. The fourth-order valence-electron chi connectivity index (χ4n) is 9.57. The number of hydrogen-bond acceptors (Lipinski definition) is 5. The highest BCUT2D eigenvalue weighted by atomic mass is 32.1. The fourth-order valence-corrected chi connectivity index (χ4v) is 10.7. The first-order chi connectivity index (χ1) is 32.2. The molecule has 0 amide bonds. The van der Waals surface area contributed by atoms with Crippen LogP contribution in [0, 0.1) is 0 Å². The van der Waals surface area contributed by atoms with Gasteiger partial charge in [0.25, 0.3) is 0 Å². The maximum Gasteiger partial charge on any atom is 0.139 e. The second kappa shape index (κ2) is 15.2. The summed E-state index contributed by atoms with van der Waals surface area (Å²) in [4.78, 5) is 4.73. The molecule has 0 aliphatic heterocycles. The predicted molar refractivity (Wildman–Crippen MR) is 274 cm³/mol. The van der Waals surface area contributed by atoms with Crippen LogP contribution in [0.2, 0.25) is 0 Å². The molecule has 0 spiro atoms. The third kappa shape index (κ3) is 6.36. The number of furan rings is 2. The number of hydrogen-bond donors (Lipinski definition) is 0. The fraction of sp³-hybridized carbons (Fsp3) is 0. The van der Waals surface area contributed by atoms with Gasteiger partial charge in [0, 0.05) is 71.2 Å². The summed E-state index contributed by atoms with van der Waals surface area (Å²) >= 11 is 1.83. The summed E-state index contributed by atoms with van der Waals surface area (Å²) in [6.45, 7) is 0. The summed E-state index contributed by atoms with van der Waals surface area (Å²) in [6, 6.07) is 82.2. The molecule has 0 saturated carbocycles. The van der Waals surface area contributed by atoms with Crippen molar-refractivity contribution in [2.24, 2.45) is 0 Å².